The number of halogens is 1. The minimum absolute atomic E-state index is 0.130. The van der Waals surface area contributed by atoms with Crippen molar-refractivity contribution < 1.29 is 18.7 Å². The van der Waals surface area contributed by atoms with Gasteiger partial charge in [0.15, 0.2) is 11.5 Å². The molecule has 0 heterocycles. The maximum Gasteiger partial charge on any atom is 0.220 e. The molecule has 2 rings (SSSR count). The van der Waals surface area contributed by atoms with Crippen LogP contribution >= 0.6 is 0 Å². The highest BCUT2D eigenvalue weighted by atomic mass is 19.1. The Morgan fingerprint density at radius 1 is 1.12 bits per heavy atom. The van der Waals surface area contributed by atoms with Gasteiger partial charge in [0.1, 0.15) is 12.4 Å². The lowest BCUT2D eigenvalue weighted by molar-refractivity contribution is -0.121. The summed E-state index contributed by atoms with van der Waals surface area (Å²) in [5, 5.41) is 2.85. The van der Waals surface area contributed by atoms with Gasteiger partial charge in [0.25, 0.3) is 0 Å². The summed E-state index contributed by atoms with van der Waals surface area (Å²) in [4.78, 5) is 12.0. The molecule has 1 unspecified atom stereocenters. The molecule has 0 spiro atoms. The van der Waals surface area contributed by atoms with Crippen LogP contribution in [0.25, 0.3) is 0 Å². The van der Waals surface area contributed by atoms with Crippen molar-refractivity contribution in [2.24, 2.45) is 0 Å². The zero-order valence-corrected chi connectivity index (χ0v) is 13.9. The zero-order valence-electron chi connectivity index (χ0n) is 13.9. The van der Waals surface area contributed by atoms with Crippen LogP contribution in [0.15, 0.2) is 48.5 Å². The molecule has 4 nitrogen and oxygen atoms in total. The molecule has 1 atom stereocenters. The number of benzene rings is 2. The van der Waals surface area contributed by atoms with Gasteiger partial charge in [-0.3, -0.25) is 4.79 Å². The number of methoxy groups -OCH3 is 1. The van der Waals surface area contributed by atoms with E-state index in [-0.39, 0.29) is 24.2 Å². The van der Waals surface area contributed by atoms with Crippen LogP contribution in [-0.2, 0) is 11.2 Å². The molecule has 0 bridgehead atoms. The van der Waals surface area contributed by atoms with Crippen molar-refractivity contribution in [2.75, 3.05) is 13.7 Å². The van der Waals surface area contributed by atoms with Gasteiger partial charge in [0.05, 0.1) is 13.2 Å². The number of ether oxygens (including phenoxy) is 2. The lowest BCUT2D eigenvalue weighted by Gasteiger charge is -2.16. The van der Waals surface area contributed by atoms with Crippen LogP contribution in [0.5, 0.6) is 11.5 Å². The zero-order chi connectivity index (χ0) is 17.4. The largest absolute Gasteiger partial charge is 0.493 e. The summed E-state index contributed by atoms with van der Waals surface area (Å²) < 4.78 is 24.4. The van der Waals surface area contributed by atoms with Crippen molar-refractivity contribution in [1.29, 1.82) is 0 Å². The first-order valence-electron chi connectivity index (χ1n) is 7.88. The molecule has 0 aliphatic carbocycles. The summed E-state index contributed by atoms with van der Waals surface area (Å²) in [6.45, 7) is 2.18. The van der Waals surface area contributed by atoms with Crippen molar-refractivity contribution in [2.45, 2.75) is 25.8 Å². The molecule has 128 valence electrons. The van der Waals surface area contributed by atoms with E-state index in [0.29, 0.717) is 30.1 Å². The van der Waals surface area contributed by atoms with E-state index in [9.17, 15) is 9.18 Å². The maximum atomic E-state index is 13.5. The number of hydrogen-bond acceptors (Lipinski definition) is 3. The molecule has 0 radical (unpaired) electrons. The van der Waals surface area contributed by atoms with E-state index < -0.39 is 0 Å². The van der Waals surface area contributed by atoms with Crippen molar-refractivity contribution in [3.63, 3.8) is 0 Å². The van der Waals surface area contributed by atoms with Crippen LogP contribution in [0.1, 0.15) is 18.9 Å². The highest BCUT2D eigenvalue weighted by molar-refractivity contribution is 5.76. The molecular formula is C19H22FNO3. The number of amides is 1. The van der Waals surface area contributed by atoms with Gasteiger partial charge in [-0.25, -0.2) is 4.39 Å². The van der Waals surface area contributed by atoms with Gasteiger partial charge in [-0.05, 0) is 37.1 Å². The van der Waals surface area contributed by atoms with Gasteiger partial charge in [0, 0.05) is 6.42 Å². The molecule has 0 aliphatic heterocycles. The fraction of sp³-hybridized carbons (Fsp3) is 0.316. The summed E-state index contributed by atoms with van der Waals surface area (Å²) in [6.07, 6.45) is 0.610. The van der Waals surface area contributed by atoms with Crippen LogP contribution in [0, 0.1) is 5.82 Å². The third-order valence-electron chi connectivity index (χ3n) is 3.54. The Hall–Kier alpha value is -2.56. The Morgan fingerprint density at radius 2 is 1.79 bits per heavy atom. The Balaban J connectivity index is 1.76. The monoisotopic (exact) mass is 331 g/mol. The second-order valence-electron chi connectivity index (χ2n) is 5.52. The van der Waals surface area contributed by atoms with E-state index in [2.05, 4.69) is 5.32 Å². The fourth-order valence-corrected chi connectivity index (χ4v) is 2.29. The number of carbonyl (C=O) groups is 1. The maximum absolute atomic E-state index is 13.5. The van der Waals surface area contributed by atoms with Crippen molar-refractivity contribution >= 4 is 5.91 Å². The Kier molecular flexibility index (Phi) is 6.61. The standard InChI is InChI=1S/C19H22FNO3/c1-14(13-24-18-10-6-5-9-17(18)23-2)21-19(22)12-11-15-7-3-4-8-16(15)20/h3-10,14H,11-13H2,1-2H3,(H,21,22). The number of aryl methyl sites for hydroxylation is 1. The van der Waals surface area contributed by atoms with E-state index in [1.807, 2.05) is 31.2 Å². The van der Waals surface area contributed by atoms with Gasteiger partial charge >= 0.3 is 0 Å². The smallest absolute Gasteiger partial charge is 0.220 e. The van der Waals surface area contributed by atoms with Gasteiger partial charge in [-0.1, -0.05) is 30.3 Å². The molecular weight excluding hydrogens is 309 g/mol. The second kappa shape index (κ2) is 8.91. The summed E-state index contributed by atoms with van der Waals surface area (Å²) in [6, 6.07) is 13.7. The van der Waals surface area contributed by atoms with Crippen LogP contribution in [-0.4, -0.2) is 25.7 Å². The van der Waals surface area contributed by atoms with Crippen LogP contribution < -0.4 is 14.8 Å². The predicted molar refractivity (Wildman–Crippen MR) is 90.8 cm³/mol. The molecule has 0 aromatic heterocycles. The summed E-state index contributed by atoms with van der Waals surface area (Å²) in [5.41, 5.74) is 0.547. The van der Waals surface area contributed by atoms with E-state index >= 15 is 0 Å². The summed E-state index contributed by atoms with van der Waals surface area (Å²) in [5.74, 6) is 0.871. The van der Waals surface area contributed by atoms with Crippen molar-refractivity contribution in [3.8, 4) is 11.5 Å². The number of hydrogen-bond donors (Lipinski definition) is 1. The molecule has 0 fully saturated rings. The molecule has 5 heteroatoms. The highest BCUT2D eigenvalue weighted by Crippen LogP contribution is 2.25. The van der Waals surface area contributed by atoms with Gasteiger partial charge < -0.3 is 14.8 Å². The van der Waals surface area contributed by atoms with E-state index in [1.165, 1.54) is 6.07 Å². The minimum atomic E-state index is -0.280. The van der Waals surface area contributed by atoms with E-state index in [0.717, 1.165) is 0 Å². The summed E-state index contributed by atoms with van der Waals surface area (Å²) in [7, 11) is 1.58. The molecule has 24 heavy (non-hydrogen) atoms. The highest BCUT2D eigenvalue weighted by Gasteiger charge is 2.11. The molecule has 0 aliphatic rings. The van der Waals surface area contributed by atoms with Gasteiger partial charge in [-0.2, -0.15) is 0 Å². The van der Waals surface area contributed by atoms with Crippen molar-refractivity contribution in [1.82, 2.24) is 5.32 Å². The van der Waals surface area contributed by atoms with Gasteiger partial charge in [-0.15, -0.1) is 0 Å². The first-order valence-corrected chi connectivity index (χ1v) is 7.88. The SMILES string of the molecule is COc1ccccc1OCC(C)NC(=O)CCc1ccccc1F. The Bertz CT molecular complexity index is 675. The molecule has 2 aromatic rings. The molecule has 0 saturated heterocycles. The van der Waals surface area contributed by atoms with Gasteiger partial charge in [0.2, 0.25) is 5.91 Å². The minimum Gasteiger partial charge on any atom is -0.493 e. The van der Waals surface area contributed by atoms with E-state index in [1.54, 1.807) is 25.3 Å². The first kappa shape index (κ1) is 17.8. The second-order valence-corrected chi connectivity index (χ2v) is 5.52. The first-order chi connectivity index (χ1) is 11.6. The topological polar surface area (TPSA) is 47.6 Å². The van der Waals surface area contributed by atoms with Crippen molar-refractivity contribution in [3.05, 3.63) is 59.9 Å². The number of rotatable bonds is 8. The number of carbonyl (C=O) groups excluding carboxylic acids is 1. The van der Waals surface area contributed by atoms with Crippen LogP contribution in [0.2, 0.25) is 0 Å². The quantitative estimate of drug-likeness (QED) is 0.807. The molecule has 0 saturated carbocycles. The molecule has 1 amide bonds. The Morgan fingerprint density at radius 3 is 2.50 bits per heavy atom. The fourth-order valence-electron chi connectivity index (χ4n) is 2.29. The lowest BCUT2D eigenvalue weighted by Crippen LogP contribution is -2.36. The molecule has 2 aromatic carbocycles. The lowest BCUT2D eigenvalue weighted by atomic mass is 10.1. The van der Waals surface area contributed by atoms with Crippen LogP contribution in [0.3, 0.4) is 0 Å². The number of para-hydroxylation sites is 2. The van der Waals surface area contributed by atoms with E-state index in [4.69, 9.17) is 9.47 Å². The predicted octanol–water partition coefficient (Wildman–Crippen LogP) is 3.35. The Labute approximate surface area is 141 Å². The molecule has 1 N–H and O–H groups in total. The average molecular weight is 331 g/mol. The number of nitrogens with one attached hydrogen (secondary N) is 1. The third-order valence-corrected chi connectivity index (χ3v) is 3.54. The summed E-state index contributed by atoms with van der Waals surface area (Å²) >= 11 is 0. The van der Waals surface area contributed by atoms with Crippen LogP contribution in [0.4, 0.5) is 4.39 Å². The third kappa shape index (κ3) is 5.26. The normalized spacial score (nSPS) is 11.6. The average Bonchev–Trinajstić information content (AvgIpc) is 2.59.